The molecule has 0 spiro atoms. The van der Waals surface area contributed by atoms with Crippen molar-refractivity contribution in [1.82, 2.24) is 0 Å². The smallest absolute Gasteiger partial charge is 0.363 e. The lowest BCUT2D eigenvalue weighted by Crippen LogP contribution is -2.53. The van der Waals surface area contributed by atoms with E-state index in [9.17, 15) is 15.1 Å². The van der Waals surface area contributed by atoms with E-state index in [0.29, 0.717) is 19.5 Å². The van der Waals surface area contributed by atoms with Gasteiger partial charge in [-0.1, -0.05) is 42.5 Å². The number of hydrogen-bond donors (Lipinski definition) is 1. The molecule has 0 aromatic heterocycles. The SMILES string of the molecule is O=C(O)C(Cc1ccc2ccccc2c1)[N+]1([O-])CCCC1. The van der Waals surface area contributed by atoms with Gasteiger partial charge in [0.25, 0.3) is 0 Å². The Hall–Kier alpha value is -1.91. The second-order valence-corrected chi connectivity index (χ2v) is 5.85. The molecule has 1 atom stereocenters. The molecule has 1 heterocycles. The van der Waals surface area contributed by atoms with Crippen molar-refractivity contribution >= 4 is 16.7 Å². The standard InChI is InChI=1S/C17H19NO3/c19-17(20)16(18(21)9-3-4-10-18)12-13-7-8-14-5-1-2-6-15(14)11-13/h1-2,5-8,11,16H,3-4,9-10,12H2,(H,19,20). The summed E-state index contributed by atoms with van der Waals surface area (Å²) in [5.74, 6) is -0.986. The van der Waals surface area contributed by atoms with Gasteiger partial charge >= 0.3 is 5.97 Å². The Morgan fingerprint density at radius 2 is 1.81 bits per heavy atom. The monoisotopic (exact) mass is 285 g/mol. The number of aliphatic carboxylic acids is 1. The number of fused-ring (bicyclic) bond motifs is 1. The molecule has 4 nitrogen and oxygen atoms in total. The fraction of sp³-hybridized carbons (Fsp3) is 0.353. The summed E-state index contributed by atoms with van der Waals surface area (Å²) in [6.45, 7) is 0.842. The molecule has 2 aromatic carbocycles. The third kappa shape index (κ3) is 2.77. The quantitative estimate of drug-likeness (QED) is 0.694. The van der Waals surface area contributed by atoms with Gasteiger partial charge in [0.2, 0.25) is 0 Å². The zero-order chi connectivity index (χ0) is 14.9. The number of benzene rings is 2. The van der Waals surface area contributed by atoms with Crippen LogP contribution >= 0.6 is 0 Å². The molecule has 1 aliphatic heterocycles. The van der Waals surface area contributed by atoms with E-state index in [2.05, 4.69) is 0 Å². The van der Waals surface area contributed by atoms with Crippen molar-refractivity contribution in [3.63, 3.8) is 0 Å². The van der Waals surface area contributed by atoms with Gasteiger partial charge in [0.15, 0.2) is 6.04 Å². The molecule has 3 rings (SSSR count). The Bertz CT molecular complexity index is 662. The fourth-order valence-electron chi connectivity index (χ4n) is 3.23. The van der Waals surface area contributed by atoms with Crippen molar-refractivity contribution in [2.24, 2.45) is 0 Å². The van der Waals surface area contributed by atoms with Gasteiger partial charge in [-0.15, -0.1) is 0 Å². The van der Waals surface area contributed by atoms with E-state index in [1.165, 1.54) is 0 Å². The maximum Gasteiger partial charge on any atom is 0.363 e. The lowest BCUT2D eigenvalue weighted by Gasteiger charge is -2.43. The zero-order valence-electron chi connectivity index (χ0n) is 11.9. The van der Waals surface area contributed by atoms with E-state index in [1.54, 1.807) is 0 Å². The molecule has 0 bridgehead atoms. The number of hydroxylamine groups is 3. The fourth-order valence-corrected chi connectivity index (χ4v) is 3.23. The minimum absolute atomic E-state index is 0.295. The molecular weight excluding hydrogens is 266 g/mol. The molecule has 0 radical (unpaired) electrons. The van der Waals surface area contributed by atoms with Crippen LogP contribution in [0.1, 0.15) is 18.4 Å². The van der Waals surface area contributed by atoms with E-state index in [0.717, 1.165) is 29.2 Å². The summed E-state index contributed by atoms with van der Waals surface area (Å²) < 4.78 is -0.581. The Balaban J connectivity index is 1.89. The van der Waals surface area contributed by atoms with Gasteiger partial charge in [-0.25, -0.2) is 4.79 Å². The average molecular weight is 285 g/mol. The first-order valence-electron chi connectivity index (χ1n) is 7.37. The number of hydrogen-bond acceptors (Lipinski definition) is 2. The van der Waals surface area contributed by atoms with Crippen LogP contribution in [0.4, 0.5) is 0 Å². The molecule has 4 heteroatoms. The minimum atomic E-state index is -0.986. The van der Waals surface area contributed by atoms with E-state index < -0.39 is 16.7 Å². The van der Waals surface area contributed by atoms with Gasteiger partial charge in [-0.2, -0.15) is 0 Å². The topological polar surface area (TPSA) is 60.4 Å². The molecule has 0 amide bonds. The summed E-state index contributed by atoms with van der Waals surface area (Å²) in [5, 5.41) is 24.3. The Kier molecular flexibility index (Phi) is 3.66. The van der Waals surface area contributed by atoms with Crippen LogP contribution in [0.3, 0.4) is 0 Å². The van der Waals surface area contributed by atoms with Gasteiger partial charge in [0.05, 0.1) is 13.1 Å². The Morgan fingerprint density at radius 3 is 2.48 bits per heavy atom. The highest BCUT2D eigenvalue weighted by Gasteiger charge is 2.37. The number of likely N-dealkylation sites (tertiary alicyclic amines) is 1. The lowest BCUT2D eigenvalue weighted by atomic mass is 10.0. The predicted octanol–water partition coefficient (Wildman–Crippen LogP) is 2.94. The van der Waals surface area contributed by atoms with Crippen LogP contribution in [0.2, 0.25) is 0 Å². The average Bonchev–Trinajstić information content (AvgIpc) is 2.92. The zero-order valence-corrected chi connectivity index (χ0v) is 11.9. The molecule has 2 aromatic rings. The largest absolute Gasteiger partial charge is 0.632 e. The molecule has 0 aliphatic carbocycles. The first-order chi connectivity index (χ1) is 10.1. The van der Waals surface area contributed by atoms with Crippen molar-refractivity contribution < 1.29 is 14.5 Å². The summed E-state index contributed by atoms with van der Waals surface area (Å²) in [6.07, 6.45) is 1.94. The number of carboxylic acid groups (broad SMARTS) is 1. The maximum atomic E-state index is 12.7. The van der Waals surface area contributed by atoms with Gasteiger partial charge in [0.1, 0.15) is 0 Å². The van der Waals surface area contributed by atoms with Crippen LogP contribution in [-0.4, -0.2) is 34.9 Å². The van der Waals surface area contributed by atoms with Crippen molar-refractivity contribution in [2.75, 3.05) is 13.1 Å². The van der Waals surface area contributed by atoms with Gasteiger partial charge < -0.3 is 15.0 Å². The molecule has 1 unspecified atom stereocenters. The van der Waals surface area contributed by atoms with Crippen LogP contribution in [0.5, 0.6) is 0 Å². The first-order valence-corrected chi connectivity index (χ1v) is 7.37. The lowest BCUT2D eigenvalue weighted by molar-refractivity contribution is -0.884. The first kappa shape index (κ1) is 14.0. The van der Waals surface area contributed by atoms with E-state index in [-0.39, 0.29) is 0 Å². The minimum Gasteiger partial charge on any atom is -0.632 e. The highest BCUT2D eigenvalue weighted by molar-refractivity contribution is 5.83. The highest BCUT2D eigenvalue weighted by Crippen LogP contribution is 2.26. The second kappa shape index (κ2) is 5.47. The Morgan fingerprint density at radius 1 is 1.14 bits per heavy atom. The maximum absolute atomic E-state index is 12.7. The summed E-state index contributed by atoms with van der Waals surface area (Å²) in [7, 11) is 0. The van der Waals surface area contributed by atoms with Gasteiger partial charge in [0, 0.05) is 19.3 Å². The summed E-state index contributed by atoms with van der Waals surface area (Å²) in [4.78, 5) is 11.5. The second-order valence-electron chi connectivity index (χ2n) is 5.85. The van der Waals surface area contributed by atoms with E-state index >= 15 is 0 Å². The number of carboxylic acids is 1. The van der Waals surface area contributed by atoms with Crippen LogP contribution in [0, 0.1) is 5.21 Å². The molecule has 0 saturated carbocycles. The van der Waals surface area contributed by atoms with Crippen molar-refractivity contribution in [1.29, 1.82) is 0 Å². The number of carbonyl (C=O) groups is 1. The van der Waals surface area contributed by atoms with Crippen molar-refractivity contribution in [3.05, 3.63) is 53.2 Å². The van der Waals surface area contributed by atoms with Crippen LogP contribution in [0.15, 0.2) is 42.5 Å². The van der Waals surface area contributed by atoms with Gasteiger partial charge in [-0.3, -0.25) is 0 Å². The number of quaternary nitrogens is 1. The third-order valence-corrected chi connectivity index (χ3v) is 4.42. The van der Waals surface area contributed by atoms with Gasteiger partial charge in [-0.05, 0) is 16.3 Å². The normalized spacial score (nSPS) is 18.7. The molecular formula is C17H19NO3. The summed E-state index contributed by atoms with van der Waals surface area (Å²) >= 11 is 0. The highest BCUT2D eigenvalue weighted by atomic mass is 16.6. The molecule has 110 valence electrons. The predicted molar refractivity (Wildman–Crippen MR) is 81.7 cm³/mol. The number of rotatable bonds is 4. The summed E-state index contributed by atoms with van der Waals surface area (Å²) in [5.41, 5.74) is 0.918. The van der Waals surface area contributed by atoms with Crippen LogP contribution in [-0.2, 0) is 11.2 Å². The van der Waals surface area contributed by atoms with E-state index in [4.69, 9.17) is 0 Å². The molecule has 1 saturated heterocycles. The Labute approximate surface area is 123 Å². The summed E-state index contributed by atoms with van der Waals surface area (Å²) in [6, 6.07) is 13.0. The van der Waals surface area contributed by atoms with Crippen molar-refractivity contribution in [3.8, 4) is 0 Å². The van der Waals surface area contributed by atoms with Crippen molar-refractivity contribution in [2.45, 2.75) is 25.3 Å². The molecule has 21 heavy (non-hydrogen) atoms. The third-order valence-electron chi connectivity index (χ3n) is 4.42. The van der Waals surface area contributed by atoms with E-state index in [1.807, 2.05) is 42.5 Å². The molecule has 1 fully saturated rings. The molecule has 1 N–H and O–H groups in total. The molecule has 1 aliphatic rings. The number of nitrogens with zero attached hydrogens (tertiary/aromatic N) is 1. The van der Waals surface area contributed by atoms with Crippen LogP contribution < -0.4 is 0 Å². The van der Waals surface area contributed by atoms with Crippen LogP contribution in [0.25, 0.3) is 10.8 Å².